The third-order valence-corrected chi connectivity index (χ3v) is 0.773. The molecular formula is C6H13CuN3O2. The number of rotatable bonds is 4. The Balaban J connectivity index is 0. The quantitative estimate of drug-likeness (QED) is 0.405. The molecule has 0 heterocycles. The Bertz CT molecular complexity index is 150. The Kier molecular flexibility index (Phi) is 10.5. The van der Waals surface area contributed by atoms with Crippen LogP contribution in [0.3, 0.4) is 0 Å². The number of aliphatic imine (C=N–C) groups is 1. The van der Waals surface area contributed by atoms with Crippen LogP contribution in [-0.2, 0) is 17.1 Å². The monoisotopic (exact) mass is 222 g/mol. The first kappa shape index (κ1) is 14.2. The van der Waals surface area contributed by atoms with E-state index in [2.05, 4.69) is 15.2 Å². The van der Waals surface area contributed by atoms with E-state index >= 15 is 0 Å². The number of aliphatic hydroxyl groups excluding tert-OH is 2. The molecule has 0 saturated carbocycles. The van der Waals surface area contributed by atoms with Crippen LogP contribution in [0.2, 0.25) is 0 Å². The first-order valence-corrected chi connectivity index (χ1v) is 3.43. The van der Waals surface area contributed by atoms with Crippen molar-refractivity contribution in [3.63, 3.8) is 0 Å². The molecule has 0 aliphatic rings. The first-order chi connectivity index (χ1) is 5.16. The van der Waals surface area contributed by atoms with Gasteiger partial charge >= 0.3 is 0 Å². The molecule has 75 valence electrons. The van der Waals surface area contributed by atoms with Gasteiger partial charge in [0.05, 0.1) is 6.21 Å². The molecule has 6 heteroatoms. The predicted molar refractivity (Wildman–Crippen MR) is 41.6 cm³/mol. The van der Waals surface area contributed by atoms with Crippen LogP contribution < -0.4 is 0 Å². The van der Waals surface area contributed by atoms with Crippen molar-refractivity contribution in [3.8, 4) is 0 Å². The van der Waals surface area contributed by atoms with Crippen LogP contribution in [0.5, 0.6) is 0 Å². The van der Waals surface area contributed by atoms with Gasteiger partial charge < -0.3 is 10.2 Å². The average molecular weight is 223 g/mol. The molecule has 5 nitrogen and oxygen atoms in total. The van der Waals surface area contributed by atoms with E-state index in [0.717, 1.165) is 0 Å². The van der Waals surface area contributed by atoms with Crippen LogP contribution in [0, 0.1) is 0 Å². The van der Waals surface area contributed by atoms with Crippen LogP contribution in [0.4, 0.5) is 0 Å². The van der Waals surface area contributed by atoms with E-state index in [1.807, 2.05) is 6.92 Å². The molecule has 0 saturated heterocycles. The Morgan fingerprint density at radius 1 is 1.33 bits per heavy atom. The summed E-state index contributed by atoms with van der Waals surface area (Å²) in [7, 11) is 0. The van der Waals surface area contributed by atoms with Crippen molar-refractivity contribution in [2.45, 2.75) is 26.3 Å². The minimum atomic E-state index is -1.04. The van der Waals surface area contributed by atoms with Crippen LogP contribution in [-0.4, -0.2) is 35.4 Å². The maximum atomic E-state index is 8.91. The van der Waals surface area contributed by atoms with Crippen molar-refractivity contribution in [2.75, 3.05) is 6.54 Å². The minimum Gasteiger partial charge on any atom is -0.370 e. The molecule has 2 atom stereocenters. The Labute approximate surface area is 82.1 Å². The SMILES string of the molecule is CCN=CC(O)N=NC(C)O.[Cu]. The molecule has 12 heavy (non-hydrogen) atoms. The Hall–Kier alpha value is -0.291. The van der Waals surface area contributed by atoms with Crippen LogP contribution >= 0.6 is 0 Å². The molecule has 0 rings (SSSR count). The van der Waals surface area contributed by atoms with E-state index in [9.17, 15) is 0 Å². The van der Waals surface area contributed by atoms with Gasteiger partial charge in [0.2, 0.25) is 6.23 Å². The van der Waals surface area contributed by atoms with Crippen LogP contribution in [0.25, 0.3) is 0 Å². The van der Waals surface area contributed by atoms with E-state index in [1.54, 1.807) is 0 Å². The zero-order valence-electron chi connectivity index (χ0n) is 6.98. The van der Waals surface area contributed by atoms with Gasteiger partial charge in [-0.2, -0.15) is 10.2 Å². The molecule has 0 fully saturated rings. The smallest absolute Gasteiger partial charge is 0.201 e. The molecule has 2 N–H and O–H groups in total. The number of nitrogens with zero attached hydrogens (tertiary/aromatic N) is 3. The van der Waals surface area contributed by atoms with Gasteiger partial charge in [-0.1, -0.05) is 0 Å². The van der Waals surface area contributed by atoms with Crippen molar-refractivity contribution in [3.05, 3.63) is 0 Å². The molecule has 0 aliphatic heterocycles. The largest absolute Gasteiger partial charge is 0.370 e. The van der Waals surface area contributed by atoms with Gasteiger partial charge in [0.1, 0.15) is 0 Å². The summed E-state index contributed by atoms with van der Waals surface area (Å²) in [6.45, 7) is 3.89. The molecule has 0 aromatic heterocycles. The van der Waals surface area contributed by atoms with E-state index in [1.165, 1.54) is 13.1 Å². The summed E-state index contributed by atoms with van der Waals surface area (Å²) in [6.07, 6.45) is -0.643. The fraction of sp³-hybridized carbons (Fsp3) is 0.833. The molecule has 0 aliphatic carbocycles. The molecule has 2 unspecified atom stereocenters. The summed E-state index contributed by atoms with van der Waals surface area (Å²) in [6, 6.07) is 0. The van der Waals surface area contributed by atoms with Crippen molar-refractivity contribution >= 4 is 6.21 Å². The van der Waals surface area contributed by atoms with Gasteiger partial charge in [-0.05, 0) is 13.8 Å². The molecule has 0 spiro atoms. The summed E-state index contributed by atoms with van der Waals surface area (Å²) in [5.41, 5.74) is 0. The molecule has 1 radical (unpaired) electrons. The number of hydrogen-bond acceptors (Lipinski definition) is 5. The first-order valence-electron chi connectivity index (χ1n) is 3.43. The fourth-order valence-corrected chi connectivity index (χ4v) is 0.394. The predicted octanol–water partition coefficient (Wildman–Crippen LogP) is 0.184. The Morgan fingerprint density at radius 2 is 1.92 bits per heavy atom. The van der Waals surface area contributed by atoms with Crippen molar-refractivity contribution < 1.29 is 27.3 Å². The molecule has 0 amide bonds. The Morgan fingerprint density at radius 3 is 2.33 bits per heavy atom. The zero-order chi connectivity index (χ0) is 8.69. The average Bonchev–Trinajstić information content (AvgIpc) is 1.97. The number of aliphatic hydroxyl groups is 2. The van der Waals surface area contributed by atoms with Gasteiger partial charge in [0.25, 0.3) is 0 Å². The fourth-order valence-electron chi connectivity index (χ4n) is 0.394. The molecule has 0 aromatic rings. The van der Waals surface area contributed by atoms with Gasteiger partial charge in [-0.3, -0.25) is 4.99 Å². The standard InChI is InChI=1S/C6H13N3O2.Cu/c1-3-7-4-6(11)9-8-5(2)10;/h4-6,10-11H,3H2,1-2H3;. The summed E-state index contributed by atoms with van der Waals surface area (Å²) >= 11 is 0. The van der Waals surface area contributed by atoms with Gasteiger partial charge in [-0.25, -0.2) is 0 Å². The number of azo groups is 1. The maximum absolute atomic E-state index is 8.91. The third kappa shape index (κ3) is 9.71. The summed E-state index contributed by atoms with van der Waals surface area (Å²) in [5.74, 6) is 0. The molecule has 0 bridgehead atoms. The molecular weight excluding hydrogens is 210 g/mol. The second-order valence-electron chi connectivity index (χ2n) is 1.92. The second kappa shape index (κ2) is 8.80. The van der Waals surface area contributed by atoms with E-state index in [0.29, 0.717) is 6.54 Å². The van der Waals surface area contributed by atoms with Gasteiger partial charge in [-0.15, -0.1) is 0 Å². The second-order valence-corrected chi connectivity index (χ2v) is 1.92. The van der Waals surface area contributed by atoms with Crippen molar-refractivity contribution in [2.24, 2.45) is 15.2 Å². The molecule has 0 aromatic carbocycles. The summed E-state index contributed by atoms with van der Waals surface area (Å²) < 4.78 is 0. The summed E-state index contributed by atoms with van der Waals surface area (Å²) in [4.78, 5) is 3.74. The van der Waals surface area contributed by atoms with Gasteiger partial charge in [0.15, 0.2) is 6.23 Å². The van der Waals surface area contributed by atoms with Gasteiger partial charge in [0, 0.05) is 23.6 Å². The third-order valence-electron chi connectivity index (χ3n) is 0.773. The normalized spacial score (nSPS) is 16.3. The van der Waals surface area contributed by atoms with E-state index in [4.69, 9.17) is 10.2 Å². The topological polar surface area (TPSA) is 77.5 Å². The minimum absolute atomic E-state index is 0. The van der Waals surface area contributed by atoms with E-state index in [-0.39, 0.29) is 17.1 Å². The maximum Gasteiger partial charge on any atom is 0.201 e. The van der Waals surface area contributed by atoms with E-state index < -0.39 is 12.5 Å². The van der Waals surface area contributed by atoms with Crippen LogP contribution in [0.15, 0.2) is 15.2 Å². The number of hydrogen-bond donors (Lipinski definition) is 2. The summed E-state index contributed by atoms with van der Waals surface area (Å²) in [5, 5.41) is 24.2. The van der Waals surface area contributed by atoms with Crippen LogP contribution in [0.1, 0.15) is 13.8 Å². The van der Waals surface area contributed by atoms with Crippen molar-refractivity contribution in [1.82, 2.24) is 0 Å². The zero-order valence-corrected chi connectivity index (χ0v) is 7.92. The van der Waals surface area contributed by atoms with Crippen molar-refractivity contribution in [1.29, 1.82) is 0 Å².